The van der Waals surface area contributed by atoms with Crippen LogP contribution < -0.4 is 0 Å². The van der Waals surface area contributed by atoms with Gasteiger partial charge in [-0.3, -0.25) is 14.6 Å². The van der Waals surface area contributed by atoms with Crippen molar-refractivity contribution in [3.8, 4) is 0 Å². The number of carbonyl (C=O) groups excluding carboxylic acids is 1. The molecule has 4 rings (SSSR count). The lowest BCUT2D eigenvalue weighted by atomic mass is 9.96. The van der Waals surface area contributed by atoms with Crippen molar-refractivity contribution in [2.75, 3.05) is 59.0 Å². The fraction of sp³-hybridized carbons (Fsp3) is 0.581. The summed E-state index contributed by atoms with van der Waals surface area (Å²) in [7, 11) is 0. The molecule has 2 aliphatic rings. The van der Waals surface area contributed by atoms with E-state index in [-0.39, 0.29) is 6.54 Å². The summed E-state index contributed by atoms with van der Waals surface area (Å²) in [6.45, 7) is 10.1. The standard InChI is InChI=1S/C31H39F6N3O2/c1-22-6-7-24(18-23(22)2)19-26-21-39(11-5-3-4-10-38-14-16-42-17-15-38)12-13-40(26)29(41)27-20-25(30(32,33)34)8-9-28(27)31(35,36)37/h6-9,18,20,26H,3-5,10-17,19,21H2,1-2H3/t26-/m1/s1. The van der Waals surface area contributed by atoms with Crippen LogP contribution in [-0.4, -0.2) is 85.7 Å². The van der Waals surface area contributed by atoms with E-state index in [1.807, 2.05) is 32.0 Å². The first-order valence-electron chi connectivity index (χ1n) is 14.5. The van der Waals surface area contributed by atoms with Gasteiger partial charge in [0.15, 0.2) is 0 Å². The Morgan fingerprint density at radius 2 is 1.50 bits per heavy atom. The van der Waals surface area contributed by atoms with Gasteiger partial charge in [0.05, 0.1) is 29.9 Å². The molecule has 2 aromatic carbocycles. The van der Waals surface area contributed by atoms with Crippen molar-refractivity contribution in [3.63, 3.8) is 0 Å². The first kappa shape index (κ1) is 32.3. The third-order valence-corrected chi connectivity index (χ3v) is 8.31. The quantitative estimate of drug-likeness (QED) is 0.254. The molecule has 0 spiro atoms. The summed E-state index contributed by atoms with van der Waals surface area (Å²) in [5.41, 5.74) is -0.524. The zero-order valence-corrected chi connectivity index (χ0v) is 24.2. The largest absolute Gasteiger partial charge is 0.417 e. The van der Waals surface area contributed by atoms with E-state index in [4.69, 9.17) is 4.74 Å². The number of alkyl halides is 6. The van der Waals surface area contributed by atoms with Crippen LogP contribution in [0.4, 0.5) is 26.3 Å². The molecule has 0 aliphatic carbocycles. The maximum Gasteiger partial charge on any atom is 0.417 e. The Balaban J connectivity index is 1.50. The summed E-state index contributed by atoms with van der Waals surface area (Å²) < 4.78 is 87.3. The monoisotopic (exact) mass is 599 g/mol. The minimum absolute atomic E-state index is 0.135. The first-order valence-corrected chi connectivity index (χ1v) is 14.5. The predicted molar refractivity (Wildman–Crippen MR) is 148 cm³/mol. The summed E-state index contributed by atoms with van der Waals surface area (Å²) >= 11 is 0. The van der Waals surface area contributed by atoms with E-state index >= 15 is 0 Å². The van der Waals surface area contributed by atoms with E-state index < -0.39 is 41.0 Å². The topological polar surface area (TPSA) is 36.0 Å². The lowest BCUT2D eigenvalue weighted by Crippen LogP contribution is -2.56. The molecule has 2 aromatic rings. The number of morpholine rings is 1. The Kier molecular flexibility index (Phi) is 10.6. The summed E-state index contributed by atoms with van der Waals surface area (Å²) in [4.78, 5) is 19.6. The van der Waals surface area contributed by atoms with Crippen LogP contribution in [0.1, 0.15) is 57.4 Å². The van der Waals surface area contributed by atoms with Crippen LogP contribution in [0.25, 0.3) is 0 Å². The highest BCUT2D eigenvalue weighted by atomic mass is 19.4. The highest BCUT2D eigenvalue weighted by Gasteiger charge is 2.41. The summed E-state index contributed by atoms with van der Waals surface area (Å²) in [6, 6.07) is 6.48. The van der Waals surface area contributed by atoms with Gasteiger partial charge in [-0.1, -0.05) is 24.6 Å². The molecule has 5 nitrogen and oxygen atoms in total. The summed E-state index contributed by atoms with van der Waals surface area (Å²) in [5.74, 6) is -1.02. The molecule has 0 bridgehead atoms. The third-order valence-electron chi connectivity index (χ3n) is 8.31. The lowest BCUT2D eigenvalue weighted by molar-refractivity contribution is -0.141. The van der Waals surface area contributed by atoms with Crippen molar-refractivity contribution in [1.29, 1.82) is 0 Å². The molecular formula is C31H39F6N3O2. The molecule has 2 heterocycles. The average molecular weight is 600 g/mol. The highest BCUT2D eigenvalue weighted by molar-refractivity contribution is 5.96. The first-order chi connectivity index (χ1) is 19.8. The average Bonchev–Trinajstić information content (AvgIpc) is 2.94. The molecule has 0 unspecified atom stereocenters. The number of benzene rings is 2. The maximum absolute atomic E-state index is 13.8. The Morgan fingerprint density at radius 3 is 2.14 bits per heavy atom. The van der Waals surface area contributed by atoms with Crippen molar-refractivity contribution in [1.82, 2.24) is 14.7 Å². The predicted octanol–water partition coefficient (Wildman–Crippen LogP) is 6.21. The minimum Gasteiger partial charge on any atom is -0.379 e. The van der Waals surface area contributed by atoms with Crippen LogP contribution in [0.2, 0.25) is 0 Å². The number of unbranched alkanes of at least 4 members (excludes halogenated alkanes) is 2. The number of ether oxygens (including phenoxy) is 1. The Labute approximate surface area is 243 Å². The number of rotatable bonds is 9. The SMILES string of the molecule is Cc1ccc(C[C@@H]2CN(CCCCCN3CCOCC3)CCN2C(=O)c2cc(C(F)(F)F)ccc2C(F)(F)F)cc1C. The number of hydrogen-bond acceptors (Lipinski definition) is 4. The Morgan fingerprint density at radius 1 is 0.810 bits per heavy atom. The van der Waals surface area contributed by atoms with Gasteiger partial charge in [0, 0.05) is 38.8 Å². The van der Waals surface area contributed by atoms with Gasteiger partial charge in [-0.15, -0.1) is 0 Å². The van der Waals surface area contributed by atoms with Crippen molar-refractivity contribution in [2.24, 2.45) is 0 Å². The van der Waals surface area contributed by atoms with Gasteiger partial charge >= 0.3 is 12.4 Å². The molecule has 232 valence electrons. The summed E-state index contributed by atoms with van der Waals surface area (Å²) in [5, 5.41) is 0. The van der Waals surface area contributed by atoms with Crippen molar-refractivity contribution < 1.29 is 35.9 Å². The molecule has 1 amide bonds. The molecular weight excluding hydrogens is 560 g/mol. The number of piperazine rings is 1. The van der Waals surface area contributed by atoms with Crippen molar-refractivity contribution in [2.45, 2.75) is 57.9 Å². The Bertz CT molecular complexity index is 1210. The van der Waals surface area contributed by atoms with Gasteiger partial charge in [0.1, 0.15) is 0 Å². The minimum atomic E-state index is -4.97. The molecule has 0 saturated carbocycles. The molecule has 0 radical (unpaired) electrons. The number of aryl methyl sites for hydroxylation is 2. The number of carbonyl (C=O) groups is 1. The van der Waals surface area contributed by atoms with E-state index in [1.54, 1.807) is 0 Å². The zero-order valence-electron chi connectivity index (χ0n) is 24.2. The number of hydrogen-bond donors (Lipinski definition) is 0. The summed E-state index contributed by atoms with van der Waals surface area (Å²) in [6.07, 6.45) is -6.43. The van der Waals surface area contributed by atoms with E-state index in [0.29, 0.717) is 37.7 Å². The van der Waals surface area contributed by atoms with Crippen LogP contribution in [0, 0.1) is 13.8 Å². The van der Waals surface area contributed by atoms with Crippen molar-refractivity contribution in [3.05, 3.63) is 69.8 Å². The number of halogens is 6. The fourth-order valence-electron chi connectivity index (χ4n) is 5.74. The van der Waals surface area contributed by atoms with Crippen LogP contribution in [0.15, 0.2) is 36.4 Å². The van der Waals surface area contributed by atoms with E-state index in [2.05, 4.69) is 9.80 Å². The Hall–Kier alpha value is -2.63. The molecule has 11 heteroatoms. The second-order valence-electron chi connectivity index (χ2n) is 11.3. The van der Waals surface area contributed by atoms with Crippen LogP contribution in [-0.2, 0) is 23.5 Å². The van der Waals surface area contributed by atoms with Gasteiger partial charge in [0.2, 0.25) is 0 Å². The smallest absolute Gasteiger partial charge is 0.379 e. The molecule has 42 heavy (non-hydrogen) atoms. The van der Waals surface area contributed by atoms with Crippen LogP contribution in [0.5, 0.6) is 0 Å². The van der Waals surface area contributed by atoms with Gasteiger partial charge < -0.3 is 9.64 Å². The molecule has 2 saturated heterocycles. The van der Waals surface area contributed by atoms with Crippen molar-refractivity contribution >= 4 is 5.91 Å². The van der Waals surface area contributed by atoms with Crippen LogP contribution in [0.3, 0.4) is 0 Å². The van der Waals surface area contributed by atoms with E-state index in [1.165, 1.54) is 4.90 Å². The normalized spacial score (nSPS) is 19.3. The fourth-order valence-corrected chi connectivity index (χ4v) is 5.74. The molecule has 1 atom stereocenters. The second kappa shape index (κ2) is 13.8. The second-order valence-corrected chi connectivity index (χ2v) is 11.3. The van der Waals surface area contributed by atoms with E-state index in [9.17, 15) is 31.1 Å². The van der Waals surface area contributed by atoms with Gasteiger partial charge in [-0.2, -0.15) is 26.3 Å². The molecule has 0 N–H and O–H groups in total. The van der Waals surface area contributed by atoms with Crippen LogP contribution >= 0.6 is 0 Å². The number of amides is 1. The third kappa shape index (κ3) is 8.48. The zero-order chi connectivity index (χ0) is 30.5. The highest BCUT2D eigenvalue weighted by Crippen LogP contribution is 2.37. The molecule has 2 fully saturated rings. The van der Waals surface area contributed by atoms with Gasteiger partial charge in [-0.25, -0.2) is 0 Å². The van der Waals surface area contributed by atoms with Gasteiger partial charge in [0.25, 0.3) is 5.91 Å². The molecule has 0 aromatic heterocycles. The molecule has 2 aliphatic heterocycles. The lowest BCUT2D eigenvalue weighted by Gasteiger charge is -2.42. The van der Waals surface area contributed by atoms with E-state index in [0.717, 1.165) is 75.3 Å². The number of nitrogens with zero attached hydrogens (tertiary/aromatic N) is 3. The maximum atomic E-state index is 13.8. The van der Waals surface area contributed by atoms with Gasteiger partial charge in [-0.05, 0) is 81.1 Å².